The fraction of sp³-hybridized carbons (Fsp3) is 0.652. The topological polar surface area (TPSA) is 92.8 Å². The summed E-state index contributed by atoms with van der Waals surface area (Å²) in [6.45, 7) is 1.25. The van der Waals surface area contributed by atoms with Crippen LogP contribution in [0.3, 0.4) is 0 Å². The molecule has 0 aromatic heterocycles. The molecule has 0 radical (unpaired) electrons. The molecule has 1 N–H and O–H groups in total. The first kappa shape index (κ1) is 23.4. The molecule has 176 valence electrons. The molecule has 1 aromatic carbocycles. The van der Waals surface area contributed by atoms with Crippen LogP contribution < -0.4 is 10.1 Å². The summed E-state index contributed by atoms with van der Waals surface area (Å²) in [4.78, 5) is 24.2. The number of nitrogens with one attached hydrogen (secondary N) is 1. The molecule has 4 rings (SSSR count). The molecule has 2 aliphatic carbocycles. The maximum absolute atomic E-state index is 12.8. The fourth-order valence-electron chi connectivity index (χ4n) is 4.61. The van der Waals surface area contributed by atoms with Gasteiger partial charge in [0.2, 0.25) is 5.91 Å². The molecule has 7 nitrogen and oxygen atoms in total. The third-order valence-corrected chi connectivity index (χ3v) is 8.65. The van der Waals surface area contributed by atoms with Gasteiger partial charge in [0.25, 0.3) is 0 Å². The Balaban J connectivity index is 1.29. The largest absolute Gasteiger partial charge is 0.491 e. The van der Waals surface area contributed by atoms with E-state index in [2.05, 4.69) is 5.32 Å². The van der Waals surface area contributed by atoms with Crippen molar-refractivity contribution in [1.29, 1.82) is 0 Å². The highest BCUT2D eigenvalue weighted by atomic mass is 35.5. The maximum Gasteiger partial charge on any atom is 0.324 e. The summed E-state index contributed by atoms with van der Waals surface area (Å²) in [6, 6.07) is 3.45. The Labute approximate surface area is 194 Å². The summed E-state index contributed by atoms with van der Waals surface area (Å²) in [5.41, 5.74) is 2.16. The fourth-order valence-corrected chi connectivity index (χ4v) is 6.61. The number of benzene rings is 1. The summed E-state index contributed by atoms with van der Waals surface area (Å²) in [5, 5.41) is 2.86. The van der Waals surface area contributed by atoms with Crippen LogP contribution in [0.15, 0.2) is 12.1 Å². The van der Waals surface area contributed by atoms with Crippen molar-refractivity contribution >= 4 is 33.4 Å². The van der Waals surface area contributed by atoms with E-state index in [1.807, 2.05) is 12.1 Å². The van der Waals surface area contributed by atoms with E-state index in [4.69, 9.17) is 16.3 Å². The van der Waals surface area contributed by atoms with E-state index in [0.29, 0.717) is 43.4 Å². The molecule has 0 spiro atoms. The monoisotopic (exact) mass is 482 g/mol. The van der Waals surface area contributed by atoms with E-state index >= 15 is 0 Å². The smallest absolute Gasteiger partial charge is 0.324 e. The van der Waals surface area contributed by atoms with Gasteiger partial charge in [0, 0.05) is 6.54 Å². The lowest BCUT2D eigenvalue weighted by atomic mass is 9.83. The maximum atomic E-state index is 12.8. The summed E-state index contributed by atoms with van der Waals surface area (Å²) in [5.74, 6) is 1.36. The summed E-state index contributed by atoms with van der Waals surface area (Å²) in [6.07, 6.45) is 7.02. The van der Waals surface area contributed by atoms with Crippen LogP contribution in [0.1, 0.15) is 62.0 Å². The molecule has 3 amide bonds. The Morgan fingerprint density at radius 3 is 2.66 bits per heavy atom. The molecule has 2 fully saturated rings. The molecule has 1 unspecified atom stereocenters. The lowest BCUT2D eigenvalue weighted by Crippen LogP contribution is -2.29. The van der Waals surface area contributed by atoms with Crippen LogP contribution in [0.25, 0.3) is 0 Å². The van der Waals surface area contributed by atoms with Gasteiger partial charge in [-0.25, -0.2) is 13.2 Å². The van der Waals surface area contributed by atoms with Crippen molar-refractivity contribution < 1.29 is 22.7 Å². The highest BCUT2D eigenvalue weighted by molar-refractivity contribution is 7.91. The van der Waals surface area contributed by atoms with E-state index < -0.39 is 9.84 Å². The molecule has 1 heterocycles. The van der Waals surface area contributed by atoms with Crippen LogP contribution in [0.2, 0.25) is 5.02 Å². The van der Waals surface area contributed by atoms with Gasteiger partial charge in [-0.3, -0.25) is 10.1 Å². The number of hydrogen-bond donors (Lipinski definition) is 1. The number of unbranched alkanes of at least 4 members (excludes halogenated alkanes) is 2. The Bertz CT molecular complexity index is 977. The number of carbonyl (C=O) groups excluding carboxylic acids is 2. The average molecular weight is 483 g/mol. The first-order valence-corrected chi connectivity index (χ1v) is 13.8. The van der Waals surface area contributed by atoms with Crippen LogP contribution in [0, 0.1) is 5.92 Å². The predicted molar refractivity (Wildman–Crippen MR) is 123 cm³/mol. The third kappa shape index (κ3) is 5.95. The molecule has 9 heteroatoms. The summed E-state index contributed by atoms with van der Waals surface area (Å²) >= 11 is 6.42. The van der Waals surface area contributed by atoms with Crippen LogP contribution in [0.5, 0.6) is 5.75 Å². The van der Waals surface area contributed by atoms with E-state index in [1.165, 1.54) is 17.7 Å². The number of urea groups is 1. The SMILES string of the molecule is O=C1CN(CCCCCS(=O)(=O)CC2CCCc3c2ccc(Cl)c3OCC2CC2)C(=O)N1. The van der Waals surface area contributed by atoms with Gasteiger partial charge in [-0.2, -0.15) is 0 Å². The minimum Gasteiger partial charge on any atom is -0.491 e. The zero-order valence-electron chi connectivity index (χ0n) is 18.3. The van der Waals surface area contributed by atoms with Gasteiger partial charge in [-0.1, -0.05) is 24.1 Å². The Kier molecular flexibility index (Phi) is 7.30. The van der Waals surface area contributed by atoms with Gasteiger partial charge in [0.1, 0.15) is 12.3 Å². The Morgan fingerprint density at radius 1 is 1.12 bits per heavy atom. The molecule has 1 atom stereocenters. The molecule has 1 aromatic rings. The van der Waals surface area contributed by atoms with Gasteiger partial charge in [-0.05, 0) is 74.0 Å². The van der Waals surface area contributed by atoms with Crippen molar-refractivity contribution in [3.8, 4) is 5.75 Å². The predicted octanol–water partition coefficient (Wildman–Crippen LogP) is 3.69. The van der Waals surface area contributed by atoms with Crippen molar-refractivity contribution in [3.05, 3.63) is 28.3 Å². The Morgan fingerprint density at radius 2 is 1.94 bits per heavy atom. The molecule has 0 bridgehead atoms. The number of sulfone groups is 1. The second kappa shape index (κ2) is 10.00. The molecule has 1 saturated carbocycles. The van der Waals surface area contributed by atoms with Crippen LogP contribution in [-0.4, -0.2) is 56.5 Å². The van der Waals surface area contributed by atoms with Crippen LogP contribution >= 0.6 is 11.6 Å². The molecular formula is C23H31ClN2O5S. The summed E-state index contributed by atoms with van der Waals surface area (Å²) < 4.78 is 31.7. The molecule has 3 aliphatic rings. The zero-order valence-corrected chi connectivity index (χ0v) is 19.8. The zero-order chi connectivity index (χ0) is 22.7. The van der Waals surface area contributed by atoms with Gasteiger partial charge in [-0.15, -0.1) is 0 Å². The Hall–Kier alpha value is -1.80. The van der Waals surface area contributed by atoms with Gasteiger partial charge >= 0.3 is 6.03 Å². The lowest BCUT2D eigenvalue weighted by Gasteiger charge is -2.27. The van der Waals surface area contributed by atoms with E-state index in [9.17, 15) is 18.0 Å². The molecule has 1 saturated heterocycles. The van der Waals surface area contributed by atoms with Gasteiger partial charge in [0.05, 0.1) is 23.1 Å². The van der Waals surface area contributed by atoms with E-state index in [1.54, 1.807) is 0 Å². The second-order valence-electron chi connectivity index (χ2n) is 9.24. The first-order valence-electron chi connectivity index (χ1n) is 11.6. The number of hydrogen-bond acceptors (Lipinski definition) is 5. The number of carbonyl (C=O) groups is 2. The lowest BCUT2D eigenvalue weighted by molar-refractivity contribution is -0.118. The number of nitrogens with zero attached hydrogens (tertiary/aromatic N) is 1. The van der Waals surface area contributed by atoms with Crippen molar-refractivity contribution in [2.75, 3.05) is 31.2 Å². The van der Waals surface area contributed by atoms with E-state index in [0.717, 1.165) is 36.1 Å². The molecule has 32 heavy (non-hydrogen) atoms. The number of fused-ring (bicyclic) bond motifs is 1. The standard InChI is InChI=1S/C23H31ClN2O5S/c24-20-10-9-18-17(5-4-6-19(18)22(20)31-14-16-7-8-16)15-32(29,30)12-3-1-2-11-26-13-21(27)25-23(26)28/h9-10,16-17H,1-8,11-15H2,(H,25,27,28). The number of halogens is 1. The minimum absolute atomic E-state index is 0.0244. The number of imide groups is 1. The molecular weight excluding hydrogens is 452 g/mol. The third-order valence-electron chi connectivity index (χ3n) is 6.53. The van der Waals surface area contributed by atoms with Crippen LogP contribution in [-0.2, 0) is 21.1 Å². The average Bonchev–Trinajstić information content (AvgIpc) is 3.50. The second-order valence-corrected chi connectivity index (χ2v) is 11.9. The normalized spacial score (nSPS) is 20.9. The molecule has 1 aliphatic heterocycles. The van der Waals surface area contributed by atoms with Crippen molar-refractivity contribution in [3.63, 3.8) is 0 Å². The van der Waals surface area contributed by atoms with Crippen molar-refractivity contribution in [2.24, 2.45) is 5.92 Å². The highest BCUT2D eigenvalue weighted by Crippen LogP contribution is 2.42. The van der Waals surface area contributed by atoms with Crippen molar-refractivity contribution in [2.45, 2.75) is 57.3 Å². The van der Waals surface area contributed by atoms with Gasteiger partial charge < -0.3 is 9.64 Å². The number of amides is 3. The summed E-state index contributed by atoms with van der Waals surface area (Å²) in [7, 11) is -3.20. The highest BCUT2D eigenvalue weighted by Gasteiger charge is 2.30. The number of ether oxygens (including phenoxy) is 1. The minimum atomic E-state index is -3.20. The van der Waals surface area contributed by atoms with E-state index in [-0.39, 0.29) is 35.9 Å². The quantitative estimate of drug-likeness (QED) is 0.383. The van der Waals surface area contributed by atoms with Crippen LogP contribution in [0.4, 0.5) is 4.79 Å². The van der Waals surface area contributed by atoms with Gasteiger partial charge in [0.15, 0.2) is 9.84 Å². The first-order chi connectivity index (χ1) is 15.3. The van der Waals surface area contributed by atoms with Crippen molar-refractivity contribution in [1.82, 2.24) is 10.2 Å². The number of rotatable bonds is 11.